The minimum atomic E-state index is 0.179. The van der Waals surface area contributed by atoms with Gasteiger partial charge in [0.1, 0.15) is 0 Å². The molecule has 1 aromatic heterocycles. The zero-order valence-electron chi connectivity index (χ0n) is 11.2. The van der Waals surface area contributed by atoms with Crippen molar-refractivity contribution in [3.05, 3.63) is 47.8 Å². The molecule has 0 fully saturated rings. The summed E-state index contributed by atoms with van der Waals surface area (Å²) in [5.41, 5.74) is 2.18. The van der Waals surface area contributed by atoms with Crippen molar-refractivity contribution in [2.24, 2.45) is 0 Å². The van der Waals surface area contributed by atoms with E-state index >= 15 is 0 Å². The molecular weight excluding hydrogens is 240 g/mol. The van der Waals surface area contributed by atoms with E-state index in [-0.39, 0.29) is 12.6 Å². The molecule has 0 aliphatic carbocycles. The Morgan fingerprint density at radius 2 is 2.11 bits per heavy atom. The molecule has 0 bridgehead atoms. The molecule has 0 aliphatic heterocycles. The highest BCUT2D eigenvalue weighted by atomic mass is 16.3. The SMILES string of the molecule is CC(NCc1cn(CCCO)nn1)c1ccccc1. The van der Waals surface area contributed by atoms with Crippen molar-refractivity contribution >= 4 is 0 Å². The van der Waals surface area contributed by atoms with E-state index in [0.29, 0.717) is 19.5 Å². The molecule has 0 radical (unpaired) electrons. The number of aliphatic hydroxyl groups excluding tert-OH is 1. The lowest BCUT2D eigenvalue weighted by Crippen LogP contribution is -2.18. The molecule has 102 valence electrons. The molecule has 0 amide bonds. The second kappa shape index (κ2) is 7.01. The fraction of sp³-hybridized carbons (Fsp3) is 0.429. The van der Waals surface area contributed by atoms with E-state index in [1.807, 2.05) is 24.4 Å². The zero-order valence-corrected chi connectivity index (χ0v) is 11.2. The molecule has 2 aromatic rings. The Morgan fingerprint density at radius 3 is 2.84 bits per heavy atom. The Morgan fingerprint density at radius 1 is 1.32 bits per heavy atom. The van der Waals surface area contributed by atoms with Gasteiger partial charge in [0, 0.05) is 31.9 Å². The molecule has 2 N–H and O–H groups in total. The summed E-state index contributed by atoms with van der Waals surface area (Å²) in [6.45, 7) is 3.71. The molecule has 2 rings (SSSR count). The number of hydrogen-bond donors (Lipinski definition) is 2. The molecule has 19 heavy (non-hydrogen) atoms. The Labute approximate surface area is 113 Å². The summed E-state index contributed by atoms with van der Waals surface area (Å²) >= 11 is 0. The average molecular weight is 260 g/mol. The van der Waals surface area contributed by atoms with Gasteiger partial charge in [0.2, 0.25) is 0 Å². The summed E-state index contributed by atoms with van der Waals surface area (Å²) in [7, 11) is 0. The largest absolute Gasteiger partial charge is 0.396 e. The summed E-state index contributed by atoms with van der Waals surface area (Å²) in [5.74, 6) is 0. The van der Waals surface area contributed by atoms with Crippen molar-refractivity contribution in [3.8, 4) is 0 Å². The molecule has 0 saturated heterocycles. The maximum absolute atomic E-state index is 8.76. The Kier molecular flexibility index (Phi) is 5.06. The van der Waals surface area contributed by atoms with E-state index in [1.165, 1.54) is 5.56 Å². The number of hydrogen-bond acceptors (Lipinski definition) is 4. The third-order valence-electron chi connectivity index (χ3n) is 3.02. The van der Waals surface area contributed by atoms with Crippen LogP contribution < -0.4 is 5.32 Å². The summed E-state index contributed by atoms with van der Waals surface area (Å²) < 4.78 is 1.76. The van der Waals surface area contributed by atoms with Gasteiger partial charge in [-0.3, -0.25) is 4.68 Å². The molecule has 0 spiro atoms. The molecule has 5 heteroatoms. The quantitative estimate of drug-likeness (QED) is 0.792. The maximum Gasteiger partial charge on any atom is 0.0965 e. The fourth-order valence-corrected chi connectivity index (χ4v) is 1.88. The van der Waals surface area contributed by atoms with E-state index in [4.69, 9.17) is 5.11 Å². The predicted molar refractivity (Wildman–Crippen MR) is 73.4 cm³/mol. The topological polar surface area (TPSA) is 63.0 Å². The van der Waals surface area contributed by atoms with Crippen LogP contribution in [0.1, 0.15) is 30.6 Å². The first kappa shape index (κ1) is 13.7. The van der Waals surface area contributed by atoms with Gasteiger partial charge in [0.05, 0.1) is 5.69 Å². The Bertz CT molecular complexity index is 483. The lowest BCUT2D eigenvalue weighted by atomic mass is 10.1. The predicted octanol–water partition coefficient (Wildman–Crippen LogP) is 1.51. The van der Waals surface area contributed by atoms with Crippen molar-refractivity contribution in [2.75, 3.05) is 6.61 Å². The van der Waals surface area contributed by atoms with Gasteiger partial charge in [-0.15, -0.1) is 5.10 Å². The number of nitrogens with one attached hydrogen (secondary N) is 1. The van der Waals surface area contributed by atoms with Crippen molar-refractivity contribution in [3.63, 3.8) is 0 Å². The van der Waals surface area contributed by atoms with Gasteiger partial charge in [0.15, 0.2) is 0 Å². The van der Waals surface area contributed by atoms with Crippen LogP contribution >= 0.6 is 0 Å². The number of aliphatic hydroxyl groups is 1. The minimum absolute atomic E-state index is 0.179. The van der Waals surface area contributed by atoms with Gasteiger partial charge in [-0.05, 0) is 18.9 Å². The lowest BCUT2D eigenvalue weighted by Gasteiger charge is -2.12. The molecule has 0 saturated carbocycles. The van der Waals surface area contributed by atoms with E-state index < -0.39 is 0 Å². The Hall–Kier alpha value is -1.72. The molecule has 1 aromatic carbocycles. The normalized spacial score (nSPS) is 12.5. The smallest absolute Gasteiger partial charge is 0.0965 e. The van der Waals surface area contributed by atoms with Crippen LogP contribution in [-0.2, 0) is 13.1 Å². The van der Waals surface area contributed by atoms with Gasteiger partial charge in [-0.2, -0.15) is 0 Å². The fourth-order valence-electron chi connectivity index (χ4n) is 1.88. The van der Waals surface area contributed by atoms with E-state index in [9.17, 15) is 0 Å². The van der Waals surface area contributed by atoms with E-state index in [1.54, 1.807) is 4.68 Å². The highest BCUT2D eigenvalue weighted by Crippen LogP contribution is 2.11. The van der Waals surface area contributed by atoms with Crippen LogP contribution in [0.2, 0.25) is 0 Å². The van der Waals surface area contributed by atoms with Crippen LogP contribution in [0.25, 0.3) is 0 Å². The molecular formula is C14H20N4O. The summed E-state index contributed by atoms with van der Waals surface area (Å²) in [6, 6.07) is 10.6. The molecule has 1 atom stereocenters. The van der Waals surface area contributed by atoms with E-state index in [0.717, 1.165) is 5.69 Å². The molecule has 1 heterocycles. The van der Waals surface area contributed by atoms with Crippen LogP contribution in [0.5, 0.6) is 0 Å². The van der Waals surface area contributed by atoms with Gasteiger partial charge in [0.25, 0.3) is 0 Å². The van der Waals surface area contributed by atoms with Crippen molar-refractivity contribution in [1.82, 2.24) is 20.3 Å². The van der Waals surface area contributed by atoms with Gasteiger partial charge in [-0.1, -0.05) is 35.5 Å². The van der Waals surface area contributed by atoms with Crippen molar-refractivity contribution in [1.29, 1.82) is 0 Å². The molecule has 5 nitrogen and oxygen atoms in total. The summed E-state index contributed by atoms with van der Waals surface area (Å²) in [4.78, 5) is 0. The highest BCUT2D eigenvalue weighted by Gasteiger charge is 2.06. The van der Waals surface area contributed by atoms with Crippen LogP contribution in [-0.4, -0.2) is 26.7 Å². The third-order valence-corrected chi connectivity index (χ3v) is 3.02. The van der Waals surface area contributed by atoms with Crippen LogP contribution in [0.3, 0.4) is 0 Å². The van der Waals surface area contributed by atoms with Crippen LogP contribution in [0.4, 0.5) is 0 Å². The van der Waals surface area contributed by atoms with Gasteiger partial charge >= 0.3 is 0 Å². The molecule has 0 aliphatic rings. The number of aromatic nitrogens is 3. The first-order valence-electron chi connectivity index (χ1n) is 6.58. The Balaban J connectivity index is 1.83. The number of nitrogens with zero attached hydrogens (tertiary/aromatic N) is 3. The molecule has 1 unspecified atom stereocenters. The van der Waals surface area contributed by atoms with Gasteiger partial charge in [-0.25, -0.2) is 0 Å². The second-order valence-corrected chi connectivity index (χ2v) is 4.56. The first-order chi connectivity index (χ1) is 9.29. The summed E-state index contributed by atoms with van der Waals surface area (Å²) in [5, 5.41) is 20.3. The van der Waals surface area contributed by atoms with Crippen LogP contribution in [0, 0.1) is 0 Å². The second-order valence-electron chi connectivity index (χ2n) is 4.56. The standard InChI is InChI=1S/C14H20N4O/c1-12(13-6-3-2-4-7-13)15-10-14-11-18(17-16-14)8-5-9-19/h2-4,6-7,11-12,15,19H,5,8-10H2,1H3. The lowest BCUT2D eigenvalue weighted by molar-refractivity contribution is 0.276. The maximum atomic E-state index is 8.76. The van der Waals surface area contributed by atoms with Gasteiger partial charge < -0.3 is 10.4 Å². The van der Waals surface area contributed by atoms with Crippen molar-refractivity contribution in [2.45, 2.75) is 32.5 Å². The highest BCUT2D eigenvalue weighted by molar-refractivity contribution is 5.18. The van der Waals surface area contributed by atoms with E-state index in [2.05, 4.69) is 34.7 Å². The van der Waals surface area contributed by atoms with Crippen LogP contribution in [0.15, 0.2) is 36.5 Å². The first-order valence-corrected chi connectivity index (χ1v) is 6.58. The summed E-state index contributed by atoms with van der Waals surface area (Å²) in [6.07, 6.45) is 2.62. The minimum Gasteiger partial charge on any atom is -0.396 e. The average Bonchev–Trinajstić information content (AvgIpc) is 2.91. The van der Waals surface area contributed by atoms with Crippen molar-refractivity contribution < 1.29 is 5.11 Å². The number of aryl methyl sites for hydroxylation is 1. The number of benzene rings is 1. The zero-order chi connectivity index (χ0) is 13.5. The monoisotopic (exact) mass is 260 g/mol. The number of rotatable bonds is 7. The third kappa shape index (κ3) is 4.15.